The van der Waals surface area contributed by atoms with E-state index in [4.69, 9.17) is 4.74 Å². The maximum Gasteiger partial charge on any atom is 0.240 e. The van der Waals surface area contributed by atoms with Gasteiger partial charge in [0.2, 0.25) is 11.0 Å². The molecule has 112 valence electrons. The van der Waals surface area contributed by atoms with Crippen LogP contribution < -0.4 is 10.1 Å². The number of hydrogen-bond donors (Lipinski definition) is 1. The molecule has 0 fully saturated rings. The first-order chi connectivity index (χ1) is 10.7. The van der Waals surface area contributed by atoms with Crippen molar-refractivity contribution in [3.8, 4) is 5.75 Å². The zero-order chi connectivity index (χ0) is 15.5. The highest BCUT2D eigenvalue weighted by Gasteiger charge is 2.36. The summed E-state index contributed by atoms with van der Waals surface area (Å²) < 4.78 is 5.36. The smallest absolute Gasteiger partial charge is 0.240 e. The Hall–Kier alpha value is -2.27. The molecule has 1 amide bonds. The molecule has 1 unspecified atom stereocenters. The topological polar surface area (TPSA) is 55.4 Å². The SMILES string of the molecule is CCOc1ccc(NC(=O)C2C(=O)Sc3ccccc32)cc1. The van der Waals surface area contributed by atoms with Crippen molar-refractivity contribution >= 4 is 28.5 Å². The minimum absolute atomic E-state index is 0.135. The van der Waals surface area contributed by atoms with Gasteiger partial charge in [-0.1, -0.05) is 30.0 Å². The second-order valence-electron chi connectivity index (χ2n) is 4.84. The minimum Gasteiger partial charge on any atom is -0.494 e. The van der Waals surface area contributed by atoms with E-state index in [2.05, 4.69) is 5.32 Å². The molecule has 0 spiro atoms. The third-order valence-corrected chi connectivity index (χ3v) is 4.40. The highest BCUT2D eigenvalue weighted by Crippen LogP contribution is 2.41. The number of rotatable bonds is 4. The average molecular weight is 313 g/mol. The van der Waals surface area contributed by atoms with Crippen LogP contribution in [0.3, 0.4) is 0 Å². The summed E-state index contributed by atoms with van der Waals surface area (Å²) in [6, 6.07) is 14.5. The molecule has 1 aliphatic heterocycles. The second-order valence-corrected chi connectivity index (χ2v) is 5.88. The normalized spacial score (nSPS) is 16.2. The van der Waals surface area contributed by atoms with Crippen molar-refractivity contribution in [2.75, 3.05) is 11.9 Å². The number of ether oxygens (including phenoxy) is 1. The first-order valence-corrected chi connectivity index (χ1v) is 7.85. The lowest BCUT2D eigenvalue weighted by atomic mass is 10.00. The standard InChI is InChI=1S/C17H15NO3S/c1-2-21-12-9-7-11(8-10-12)18-16(19)15-13-5-3-4-6-14(13)22-17(15)20/h3-10,15H,2H2,1H3,(H,18,19). The Kier molecular flexibility index (Phi) is 4.15. The van der Waals surface area contributed by atoms with Crippen molar-refractivity contribution in [1.82, 2.24) is 0 Å². The first kappa shape index (κ1) is 14.7. The van der Waals surface area contributed by atoms with Gasteiger partial charge >= 0.3 is 0 Å². The monoisotopic (exact) mass is 313 g/mol. The number of benzene rings is 2. The quantitative estimate of drug-likeness (QED) is 0.879. The maximum absolute atomic E-state index is 12.4. The van der Waals surface area contributed by atoms with Crippen molar-refractivity contribution in [3.05, 3.63) is 54.1 Å². The number of nitrogens with one attached hydrogen (secondary N) is 1. The van der Waals surface area contributed by atoms with Crippen LogP contribution in [0.15, 0.2) is 53.4 Å². The molecule has 0 bridgehead atoms. The Labute approximate surface area is 132 Å². The van der Waals surface area contributed by atoms with E-state index in [1.807, 2.05) is 31.2 Å². The average Bonchev–Trinajstić information content (AvgIpc) is 2.85. The molecule has 0 aromatic heterocycles. The fraction of sp³-hybridized carbons (Fsp3) is 0.176. The molecule has 2 aromatic carbocycles. The van der Waals surface area contributed by atoms with Crippen LogP contribution in [0.5, 0.6) is 5.75 Å². The lowest BCUT2D eigenvalue weighted by molar-refractivity contribution is -0.123. The molecular weight excluding hydrogens is 298 g/mol. The van der Waals surface area contributed by atoms with Crippen LogP contribution in [0.4, 0.5) is 5.69 Å². The van der Waals surface area contributed by atoms with Gasteiger partial charge < -0.3 is 10.1 Å². The van der Waals surface area contributed by atoms with Crippen LogP contribution in [0.2, 0.25) is 0 Å². The number of thioether (sulfide) groups is 1. The Balaban J connectivity index is 1.76. The summed E-state index contributed by atoms with van der Waals surface area (Å²) in [6.45, 7) is 2.51. The number of amides is 1. The zero-order valence-electron chi connectivity index (χ0n) is 12.0. The Morgan fingerprint density at radius 2 is 1.91 bits per heavy atom. The molecule has 3 rings (SSSR count). The van der Waals surface area contributed by atoms with Gasteiger partial charge in [-0.05, 0) is 42.8 Å². The number of fused-ring (bicyclic) bond motifs is 1. The molecule has 1 heterocycles. The molecule has 0 radical (unpaired) electrons. The Morgan fingerprint density at radius 3 is 2.64 bits per heavy atom. The molecule has 2 aromatic rings. The van der Waals surface area contributed by atoms with Crippen LogP contribution in [0, 0.1) is 0 Å². The maximum atomic E-state index is 12.4. The summed E-state index contributed by atoms with van der Waals surface area (Å²) in [5.41, 5.74) is 1.43. The summed E-state index contributed by atoms with van der Waals surface area (Å²) in [5, 5.41) is 2.66. The first-order valence-electron chi connectivity index (χ1n) is 7.03. The Morgan fingerprint density at radius 1 is 1.18 bits per heavy atom. The molecule has 0 saturated carbocycles. The van der Waals surface area contributed by atoms with Crippen LogP contribution >= 0.6 is 11.8 Å². The summed E-state index contributed by atoms with van der Waals surface area (Å²) in [4.78, 5) is 25.4. The van der Waals surface area contributed by atoms with Crippen molar-refractivity contribution < 1.29 is 14.3 Å². The van der Waals surface area contributed by atoms with Gasteiger partial charge in [-0.3, -0.25) is 9.59 Å². The van der Waals surface area contributed by atoms with Crippen LogP contribution in [-0.2, 0) is 9.59 Å². The molecule has 4 nitrogen and oxygen atoms in total. The van der Waals surface area contributed by atoms with Crippen LogP contribution in [0.1, 0.15) is 18.4 Å². The van der Waals surface area contributed by atoms with Gasteiger partial charge in [0.1, 0.15) is 11.7 Å². The number of carbonyl (C=O) groups is 2. The lowest BCUT2D eigenvalue weighted by Crippen LogP contribution is -2.23. The zero-order valence-corrected chi connectivity index (χ0v) is 12.9. The second kappa shape index (κ2) is 6.23. The molecule has 1 N–H and O–H groups in total. The van der Waals surface area contributed by atoms with Gasteiger partial charge in [-0.25, -0.2) is 0 Å². The van der Waals surface area contributed by atoms with Gasteiger partial charge in [-0.15, -0.1) is 0 Å². The summed E-state index contributed by atoms with van der Waals surface area (Å²) in [7, 11) is 0. The van der Waals surface area contributed by atoms with Crippen molar-refractivity contribution in [2.24, 2.45) is 0 Å². The van der Waals surface area contributed by atoms with Gasteiger partial charge in [0, 0.05) is 10.6 Å². The third kappa shape index (κ3) is 2.85. The minimum atomic E-state index is -0.743. The van der Waals surface area contributed by atoms with Crippen molar-refractivity contribution in [3.63, 3.8) is 0 Å². The number of hydrogen-bond acceptors (Lipinski definition) is 4. The predicted molar refractivity (Wildman–Crippen MR) is 86.3 cm³/mol. The summed E-state index contributed by atoms with van der Waals surface area (Å²) in [6.07, 6.45) is 0. The van der Waals surface area contributed by atoms with Crippen molar-refractivity contribution in [1.29, 1.82) is 0 Å². The highest BCUT2D eigenvalue weighted by molar-refractivity contribution is 8.14. The molecular formula is C17H15NO3S. The number of anilines is 1. The van der Waals surface area contributed by atoms with Gasteiger partial charge in [-0.2, -0.15) is 0 Å². The molecule has 0 aliphatic carbocycles. The highest BCUT2D eigenvalue weighted by atomic mass is 32.2. The predicted octanol–water partition coefficient (Wildman–Crippen LogP) is 3.44. The van der Waals surface area contributed by atoms with Crippen molar-refractivity contribution in [2.45, 2.75) is 17.7 Å². The molecule has 0 saturated heterocycles. The van der Waals surface area contributed by atoms with E-state index in [0.717, 1.165) is 28.0 Å². The van der Waals surface area contributed by atoms with Crippen LogP contribution in [-0.4, -0.2) is 17.6 Å². The van der Waals surface area contributed by atoms with Gasteiger partial charge in [0.05, 0.1) is 6.61 Å². The molecule has 5 heteroatoms. The Bertz CT molecular complexity index is 712. The van der Waals surface area contributed by atoms with Gasteiger partial charge in [0.25, 0.3) is 0 Å². The fourth-order valence-corrected chi connectivity index (χ4v) is 3.39. The van der Waals surface area contributed by atoms with Gasteiger partial charge in [0.15, 0.2) is 0 Å². The molecule has 1 aliphatic rings. The lowest BCUT2D eigenvalue weighted by Gasteiger charge is -2.11. The van der Waals surface area contributed by atoms with E-state index >= 15 is 0 Å². The van der Waals surface area contributed by atoms with E-state index in [9.17, 15) is 9.59 Å². The third-order valence-electron chi connectivity index (χ3n) is 3.37. The number of carbonyl (C=O) groups excluding carboxylic acids is 2. The van der Waals surface area contributed by atoms with E-state index < -0.39 is 5.92 Å². The van der Waals surface area contributed by atoms with Crippen LogP contribution in [0.25, 0.3) is 0 Å². The van der Waals surface area contributed by atoms with E-state index in [0.29, 0.717) is 12.3 Å². The van der Waals surface area contributed by atoms with E-state index in [-0.39, 0.29) is 11.0 Å². The largest absolute Gasteiger partial charge is 0.494 e. The van der Waals surface area contributed by atoms with E-state index in [1.54, 1.807) is 24.3 Å². The molecule has 22 heavy (non-hydrogen) atoms. The van der Waals surface area contributed by atoms with E-state index in [1.165, 1.54) is 0 Å². The summed E-state index contributed by atoms with van der Waals surface area (Å²) in [5.74, 6) is -0.294. The summed E-state index contributed by atoms with van der Waals surface area (Å²) >= 11 is 1.13. The fourth-order valence-electron chi connectivity index (χ4n) is 2.37. The molecule has 1 atom stereocenters.